The van der Waals surface area contributed by atoms with Crippen LogP contribution in [0.5, 0.6) is 0 Å². The van der Waals surface area contributed by atoms with Crippen LogP contribution in [-0.4, -0.2) is 34.2 Å². The maximum absolute atomic E-state index is 5.88. The van der Waals surface area contributed by atoms with Gasteiger partial charge in [-0.1, -0.05) is 16.8 Å². The first-order valence-corrected chi connectivity index (χ1v) is 7.56. The van der Waals surface area contributed by atoms with Crippen LogP contribution in [0.2, 0.25) is 5.02 Å². The number of likely N-dealkylation sites (tertiary alicyclic amines) is 1. The van der Waals surface area contributed by atoms with E-state index in [-0.39, 0.29) is 0 Å². The number of hydrogen-bond acceptors (Lipinski definition) is 5. The molecule has 2 heterocycles. The summed E-state index contributed by atoms with van der Waals surface area (Å²) in [6.45, 7) is 4.66. The number of hydrogen-bond donors (Lipinski definition) is 1. The van der Waals surface area contributed by atoms with Gasteiger partial charge in [0.2, 0.25) is 0 Å². The maximum Gasteiger partial charge on any atom is 0.257 e. The normalized spacial score (nSPS) is 22.8. The van der Waals surface area contributed by atoms with Crippen molar-refractivity contribution in [3.63, 3.8) is 0 Å². The zero-order valence-corrected chi connectivity index (χ0v) is 12.8. The van der Waals surface area contributed by atoms with Gasteiger partial charge in [-0.3, -0.25) is 4.90 Å². The van der Waals surface area contributed by atoms with Crippen molar-refractivity contribution in [2.24, 2.45) is 11.7 Å². The van der Waals surface area contributed by atoms with E-state index in [0.717, 1.165) is 25.1 Å². The van der Waals surface area contributed by atoms with E-state index in [0.29, 0.717) is 35.2 Å². The van der Waals surface area contributed by atoms with Gasteiger partial charge in [-0.25, -0.2) is 0 Å². The number of nitrogens with two attached hydrogens (primary N) is 1. The van der Waals surface area contributed by atoms with Gasteiger partial charge in [0, 0.05) is 23.2 Å². The summed E-state index contributed by atoms with van der Waals surface area (Å²) in [6.07, 6.45) is 1.14. The number of rotatable bonds is 4. The summed E-state index contributed by atoms with van der Waals surface area (Å²) in [4.78, 5) is 6.82. The average molecular weight is 307 g/mol. The first-order valence-electron chi connectivity index (χ1n) is 7.18. The van der Waals surface area contributed by atoms with Crippen molar-refractivity contribution in [2.75, 3.05) is 13.1 Å². The lowest BCUT2D eigenvalue weighted by Gasteiger charge is -2.18. The van der Waals surface area contributed by atoms with E-state index >= 15 is 0 Å². The lowest BCUT2D eigenvalue weighted by atomic mass is 10.1. The van der Waals surface area contributed by atoms with Gasteiger partial charge in [0.15, 0.2) is 5.82 Å². The molecule has 3 rings (SSSR count). The molecule has 0 radical (unpaired) electrons. The molecular weight excluding hydrogens is 288 g/mol. The number of aromatic nitrogens is 2. The molecule has 1 aromatic carbocycles. The van der Waals surface area contributed by atoms with Crippen molar-refractivity contribution in [3.05, 3.63) is 35.1 Å². The van der Waals surface area contributed by atoms with Gasteiger partial charge in [0.05, 0.1) is 6.54 Å². The molecule has 112 valence electrons. The Labute approximate surface area is 129 Å². The van der Waals surface area contributed by atoms with E-state index in [2.05, 4.69) is 22.0 Å². The van der Waals surface area contributed by atoms with E-state index < -0.39 is 0 Å². The summed E-state index contributed by atoms with van der Waals surface area (Å²) in [5.41, 5.74) is 6.64. The zero-order valence-electron chi connectivity index (χ0n) is 12.0. The summed E-state index contributed by atoms with van der Waals surface area (Å²) in [7, 11) is 0. The van der Waals surface area contributed by atoms with Crippen LogP contribution < -0.4 is 5.73 Å². The van der Waals surface area contributed by atoms with Crippen LogP contribution in [0.4, 0.5) is 0 Å². The largest absolute Gasteiger partial charge is 0.334 e. The van der Waals surface area contributed by atoms with Crippen molar-refractivity contribution in [2.45, 2.75) is 25.9 Å². The number of nitrogens with zero attached hydrogens (tertiary/aromatic N) is 3. The lowest BCUT2D eigenvalue weighted by Crippen LogP contribution is -2.27. The highest BCUT2D eigenvalue weighted by Gasteiger charge is 2.29. The van der Waals surface area contributed by atoms with Crippen LogP contribution in [0.25, 0.3) is 11.5 Å². The van der Waals surface area contributed by atoms with E-state index in [4.69, 9.17) is 21.9 Å². The van der Waals surface area contributed by atoms with E-state index in [1.54, 1.807) is 0 Å². The molecule has 0 bridgehead atoms. The van der Waals surface area contributed by atoms with Crippen molar-refractivity contribution in [1.82, 2.24) is 15.0 Å². The Morgan fingerprint density at radius 1 is 1.38 bits per heavy atom. The molecule has 1 aliphatic rings. The predicted octanol–water partition coefficient (Wildman–Crippen LogP) is 2.56. The lowest BCUT2D eigenvalue weighted by molar-refractivity contribution is 0.245. The molecule has 21 heavy (non-hydrogen) atoms. The first kappa shape index (κ1) is 14.5. The van der Waals surface area contributed by atoms with E-state index in [1.165, 1.54) is 0 Å². The molecule has 0 amide bonds. The monoisotopic (exact) mass is 306 g/mol. The molecule has 2 N–H and O–H groups in total. The maximum atomic E-state index is 5.88. The molecule has 0 aliphatic carbocycles. The topological polar surface area (TPSA) is 68.2 Å². The Morgan fingerprint density at radius 3 is 2.81 bits per heavy atom. The SMILES string of the molecule is CC1CC(CN)CN1Cc1noc(-c2ccc(Cl)cc2)n1. The van der Waals surface area contributed by atoms with Crippen LogP contribution in [0.1, 0.15) is 19.2 Å². The van der Waals surface area contributed by atoms with Crippen molar-refractivity contribution >= 4 is 11.6 Å². The molecule has 0 saturated carbocycles. The standard InChI is InChI=1S/C15H19ClN4O/c1-10-6-11(7-17)8-20(10)9-14-18-15(21-19-14)12-2-4-13(16)5-3-12/h2-5,10-11H,6-9,17H2,1H3. The van der Waals surface area contributed by atoms with Crippen molar-refractivity contribution in [1.29, 1.82) is 0 Å². The third-order valence-electron chi connectivity index (χ3n) is 4.03. The molecule has 2 atom stereocenters. The van der Waals surface area contributed by atoms with Crippen molar-refractivity contribution in [3.8, 4) is 11.5 Å². The minimum Gasteiger partial charge on any atom is -0.334 e. The summed E-state index contributed by atoms with van der Waals surface area (Å²) in [6, 6.07) is 7.89. The van der Waals surface area contributed by atoms with Crippen LogP contribution in [0.15, 0.2) is 28.8 Å². The summed E-state index contributed by atoms with van der Waals surface area (Å²) in [5, 5.41) is 4.76. The van der Waals surface area contributed by atoms with Crippen LogP contribution in [0, 0.1) is 5.92 Å². The third kappa shape index (κ3) is 3.26. The highest BCUT2D eigenvalue weighted by molar-refractivity contribution is 6.30. The van der Waals surface area contributed by atoms with Crippen LogP contribution in [0.3, 0.4) is 0 Å². The van der Waals surface area contributed by atoms with Gasteiger partial charge in [-0.2, -0.15) is 4.98 Å². The second-order valence-corrected chi connectivity index (χ2v) is 6.07. The first-order chi connectivity index (χ1) is 10.2. The molecule has 6 heteroatoms. The predicted molar refractivity (Wildman–Crippen MR) is 81.8 cm³/mol. The summed E-state index contributed by atoms with van der Waals surface area (Å²) in [5.74, 6) is 1.82. The fourth-order valence-corrected chi connectivity index (χ4v) is 2.94. The fraction of sp³-hybridized carbons (Fsp3) is 0.467. The van der Waals surface area contributed by atoms with Gasteiger partial charge in [0.25, 0.3) is 5.89 Å². The summed E-state index contributed by atoms with van der Waals surface area (Å²) >= 11 is 5.88. The Hall–Kier alpha value is -1.43. The Balaban J connectivity index is 1.69. The molecule has 0 spiro atoms. The molecule has 2 aromatic rings. The van der Waals surface area contributed by atoms with Crippen LogP contribution >= 0.6 is 11.6 Å². The van der Waals surface area contributed by atoms with Gasteiger partial charge in [0.1, 0.15) is 0 Å². The second-order valence-electron chi connectivity index (χ2n) is 5.64. The molecule has 1 fully saturated rings. The Morgan fingerprint density at radius 2 is 2.14 bits per heavy atom. The van der Waals surface area contributed by atoms with Gasteiger partial charge in [-0.05, 0) is 50.1 Å². The smallest absolute Gasteiger partial charge is 0.257 e. The molecular formula is C15H19ClN4O. The minimum absolute atomic E-state index is 0.510. The quantitative estimate of drug-likeness (QED) is 0.940. The summed E-state index contributed by atoms with van der Waals surface area (Å²) < 4.78 is 5.33. The Kier molecular flexibility index (Phi) is 4.24. The number of halogens is 1. The van der Waals surface area contributed by atoms with E-state index in [1.807, 2.05) is 24.3 Å². The van der Waals surface area contributed by atoms with Crippen LogP contribution in [-0.2, 0) is 6.54 Å². The molecule has 1 saturated heterocycles. The highest BCUT2D eigenvalue weighted by Crippen LogP contribution is 2.24. The van der Waals surface area contributed by atoms with E-state index in [9.17, 15) is 0 Å². The molecule has 5 nitrogen and oxygen atoms in total. The second kappa shape index (κ2) is 6.13. The molecule has 2 unspecified atom stereocenters. The fourth-order valence-electron chi connectivity index (χ4n) is 2.82. The highest BCUT2D eigenvalue weighted by atomic mass is 35.5. The van der Waals surface area contributed by atoms with Gasteiger partial charge < -0.3 is 10.3 Å². The average Bonchev–Trinajstić information content (AvgIpc) is 3.08. The molecule has 1 aromatic heterocycles. The van der Waals surface area contributed by atoms with Gasteiger partial charge in [-0.15, -0.1) is 0 Å². The van der Waals surface area contributed by atoms with Gasteiger partial charge >= 0.3 is 0 Å². The number of benzene rings is 1. The minimum atomic E-state index is 0.510. The van der Waals surface area contributed by atoms with Crippen molar-refractivity contribution < 1.29 is 4.52 Å². The molecule has 1 aliphatic heterocycles. The zero-order chi connectivity index (χ0) is 14.8. The third-order valence-corrected chi connectivity index (χ3v) is 4.28. The Bertz CT molecular complexity index is 598.